The zero-order valence-electron chi connectivity index (χ0n) is 17.4. The van der Waals surface area contributed by atoms with Crippen LogP contribution in [0, 0.1) is 13.8 Å². The molecule has 1 amide bonds. The van der Waals surface area contributed by atoms with Crippen molar-refractivity contribution in [2.24, 2.45) is 0 Å². The Kier molecular flexibility index (Phi) is 6.55. The van der Waals surface area contributed by atoms with Crippen molar-refractivity contribution < 1.29 is 14.3 Å². The summed E-state index contributed by atoms with van der Waals surface area (Å²) in [5, 5.41) is 3.21. The maximum absolute atomic E-state index is 13.0. The summed E-state index contributed by atoms with van der Waals surface area (Å²) in [7, 11) is 3.30. The van der Waals surface area contributed by atoms with Crippen molar-refractivity contribution in [1.82, 2.24) is 5.32 Å². The highest BCUT2D eigenvalue weighted by atomic mass is 16.5. The van der Waals surface area contributed by atoms with E-state index >= 15 is 0 Å². The number of methoxy groups -OCH3 is 2. The first-order chi connectivity index (χ1) is 14.0. The van der Waals surface area contributed by atoms with Gasteiger partial charge in [-0.3, -0.25) is 4.79 Å². The maximum Gasteiger partial charge on any atom is 0.251 e. The van der Waals surface area contributed by atoms with Crippen LogP contribution < -0.4 is 14.8 Å². The molecule has 0 fully saturated rings. The summed E-state index contributed by atoms with van der Waals surface area (Å²) in [4.78, 5) is 13.0. The molecule has 4 heteroatoms. The second kappa shape index (κ2) is 9.28. The highest BCUT2D eigenvalue weighted by Gasteiger charge is 2.17. The van der Waals surface area contributed by atoms with E-state index in [0.717, 1.165) is 33.8 Å². The second-order valence-electron chi connectivity index (χ2n) is 7.23. The van der Waals surface area contributed by atoms with Crippen LogP contribution in [0.4, 0.5) is 0 Å². The molecule has 0 heterocycles. The van der Waals surface area contributed by atoms with Gasteiger partial charge in [-0.2, -0.15) is 0 Å². The first kappa shape index (κ1) is 20.5. The topological polar surface area (TPSA) is 47.6 Å². The molecule has 0 radical (unpaired) electrons. The molecule has 0 saturated heterocycles. The highest BCUT2D eigenvalue weighted by Crippen LogP contribution is 2.23. The molecular weight excluding hydrogens is 362 g/mol. The van der Waals surface area contributed by atoms with Crippen LogP contribution in [0.25, 0.3) is 0 Å². The molecule has 0 aliphatic carbocycles. The van der Waals surface area contributed by atoms with Gasteiger partial charge in [0.25, 0.3) is 5.91 Å². The molecule has 0 aliphatic rings. The Morgan fingerprint density at radius 2 is 1.34 bits per heavy atom. The highest BCUT2D eigenvalue weighted by molar-refractivity contribution is 5.94. The van der Waals surface area contributed by atoms with Crippen molar-refractivity contribution in [3.8, 4) is 11.5 Å². The Bertz CT molecular complexity index is 942. The van der Waals surface area contributed by atoms with Gasteiger partial charge in [-0.05, 0) is 67.8 Å². The number of aryl methyl sites for hydroxylation is 2. The maximum atomic E-state index is 13.0. The lowest BCUT2D eigenvalue weighted by molar-refractivity contribution is 0.0936. The predicted octanol–water partition coefficient (Wildman–Crippen LogP) is 5.03. The number of carbonyl (C=O) groups excluding carboxylic acids is 1. The minimum absolute atomic E-state index is 0.0777. The zero-order chi connectivity index (χ0) is 20.8. The molecule has 3 aromatic rings. The fourth-order valence-electron chi connectivity index (χ4n) is 3.43. The van der Waals surface area contributed by atoms with Gasteiger partial charge in [0, 0.05) is 5.56 Å². The van der Waals surface area contributed by atoms with Gasteiger partial charge in [0.15, 0.2) is 0 Å². The molecule has 4 nitrogen and oxygen atoms in total. The van der Waals surface area contributed by atoms with E-state index in [2.05, 4.69) is 11.4 Å². The van der Waals surface area contributed by atoms with Gasteiger partial charge in [0.1, 0.15) is 11.5 Å². The molecule has 0 bridgehead atoms. The van der Waals surface area contributed by atoms with Gasteiger partial charge in [-0.25, -0.2) is 0 Å². The average Bonchev–Trinajstić information content (AvgIpc) is 2.73. The SMILES string of the molecule is COc1ccc(CC(NC(=O)c2cc(C)cc(C)c2)c2ccc(OC)cc2)cc1. The molecule has 3 aromatic carbocycles. The van der Waals surface area contributed by atoms with Crippen LogP contribution in [0.15, 0.2) is 66.7 Å². The first-order valence-corrected chi connectivity index (χ1v) is 9.64. The summed E-state index contributed by atoms with van der Waals surface area (Å²) >= 11 is 0. The monoisotopic (exact) mass is 389 g/mol. The summed E-state index contributed by atoms with van der Waals surface area (Å²) < 4.78 is 10.5. The van der Waals surface area contributed by atoms with Crippen molar-refractivity contribution >= 4 is 5.91 Å². The number of amides is 1. The van der Waals surface area contributed by atoms with E-state index in [1.54, 1.807) is 14.2 Å². The van der Waals surface area contributed by atoms with Gasteiger partial charge in [-0.15, -0.1) is 0 Å². The number of ether oxygens (including phenoxy) is 2. The minimum Gasteiger partial charge on any atom is -0.497 e. The number of benzene rings is 3. The van der Waals surface area contributed by atoms with Crippen molar-refractivity contribution in [2.45, 2.75) is 26.3 Å². The van der Waals surface area contributed by atoms with Crippen LogP contribution in [-0.4, -0.2) is 20.1 Å². The summed E-state index contributed by atoms with van der Waals surface area (Å²) in [6, 6.07) is 21.5. The van der Waals surface area contributed by atoms with E-state index in [9.17, 15) is 4.79 Å². The Hall–Kier alpha value is -3.27. The largest absolute Gasteiger partial charge is 0.497 e. The number of rotatable bonds is 7. The van der Waals surface area contributed by atoms with E-state index in [1.165, 1.54) is 0 Å². The molecule has 3 rings (SSSR count). The third-order valence-corrected chi connectivity index (χ3v) is 4.91. The second-order valence-corrected chi connectivity index (χ2v) is 7.23. The summed E-state index contributed by atoms with van der Waals surface area (Å²) in [6.07, 6.45) is 0.673. The fourth-order valence-corrected chi connectivity index (χ4v) is 3.43. The van der Waals surface area contributed by atoms with Crippen LogP contribution in [-0.2, 0) is 6.42 Å². The minimum atomic E-state index is -0.164. The van der Waals surface area contributed by atoms with Gasteiger partial charge >= 0.3 is 0 Å². The lowest BCUT2D eigenvalue weighted by atomic mass is 9.97. The predicted molar refractivity (Wildman–Crippen MR) is 116 cm³/mol. The van der Waals surface area contributed by atoms with Crippen LogP contribution in [0.2, 0.25) is 0 Å². The Morgan fingerprint density at radius 1 is 0.828 bits per heavy atom. The standard InChI is InChI=1S/C25H27NO3/c1-17-13-18(2)15-21(14-17)25(27)26-24(20-7-11-23(29-4)12-8-20)16-19-5-9-22(28-3)10-6-19/h5-15,24H,16H2,1-4H3,(H,26,27). The van der Waals surface area contributed by atoms with E-state index in [0.29, 0.717) is 12.0 Å². The Morgan fingerprint density at radius 3 is 1.86 bits per heavy atom. The van der Waals surface area contributed by atoms with Crippen molar-refractivity contribution in [3.05, 3.63) is 94.5 Å². The van der Waals surface area contributed by atoms with Crippen LogP contribution in [0.1, 0.15) is 38.7 Å². The molecule has 150 valence electrons. The molecule has 29 heavy (non-hydrogen) atoms. The zero-order valence-corrected chi connectivity index (χ0v) is 17.4. The lowest BCUT2D eigenvalue weighted by Crippen LogP contribution is -2.30. The van der Waals surface area contributed by atoms with Crippen molar-refractivity contribution in [1.29, 1.82) is 0 Å². The quantitative estimate of drug-likeness (QED) is 0.616. The molecule has 0 spiro atoms. The van der Waals surface area contributed by atoms with Gasteiger partial charge in [0.05, 0.1) is 20.3 Å². The van der Waals surface area contributed by atoms with Gasteiger partial charge in [-0.1, -0.05) is 41.5 Å². The van der Waals surface area contributed by atoms with E-state index in [4.69, 9.17) is 9.47 Å². The summed E-state index contributed by atoms with van der Waals surface area (Å²) in [5.41, 5.74) is 4.97. The summed E-state index contributed by atoms with van der Waals surface area (Å²) in [6.45, 7) is 4.00. The summed E-state index contributed by atoms with van der Waals surface area (Å²) in [5.74, 6) is 1.53. The average molecular weight is 389 g/mol. The smallest absolute Gasteiger partial charge is 0.251 e. The molecule has 0 saturated carbocycles. The number of carbonyl (C=O) groups is 1. The molecule has 0 aliphatic heterocycles. The number of hydrogen-bond acceptors (Lipinski definition) is 3. The van der Waals surface area contributed by atoms with Crippen molar-refractivity contribution in [3.63, 3.8) is 0 Å². The molecule has 1 unspecified atom stereocenters. The molecule has 1 atom stereocenters. The molecular formula is C25H27NO3. The van der Waals surface area contributed by atoms with Gasteiger partial charge in [0.2, 0.25) is 0 Å². The molecule has 0 aromatic heterocycles. The third kappa shape index (κ3) is 5.38. The number of hydrogen-bond donors (Lipinski definition) is 1. The lowest BCUT2D eigenvalue weighted by Gasteiger charge is -2.20. The van der Waals surface area contributed by atoms with Gasteiger partial charge < -0.3 is 14.8 Å². The normalized spacial score (nSPS) is 11.6. The van der Waals surface area contributed by atoms with E-state index in [-0.39, 0.29) is 11.9 Å². The van der Waals surface area contributed by atoms with Crippen LogP contribution in [0.5, 0.6) is 11.5 Å². The third-order valence-electron chi connectivity index (χ3n) is 4.91. The number of nitrogens with one attached hydrogen (secondary N) is 1. The Balaban J connectivity index is 1.87. The van der Waals surface area contributed by atoms with Crippen LogP contribution >= 0.6 is 0 Å². The van der Waals surface area contributed by atoms with E-state index in [1.807, 2.05) is 74.5 Å². The van der Waals surface area contributed by atoms with Crippen molar-refractivity contribution in [2.75, 3.05) is 14.2 Å². The first-order valence-electron chi connectivity index (χ1n) is 9.64. The Labute approximate surface area is 172 Å². The van der Waals surface area contributed by atoms with E-state index < -0.39 is 0 Å². The fraction of sp³-hybridized carbons (Fsp3) is 0.240. The van der Waals surface area contributed by atoms with Crippen LogP contribution in [0.3, 0.4) is 0 Å². The molecule has 1 N–H and O–H groups in total.